The Hall–Kier alpha value is -1.32. The summed E-state index contributed by atoms with van der Waals surface area (Å²) in [7, 11) is 1.91. The van der Waals surface area contributed by atoms with Crippen LogP contribution in [0.25, 0.3) is 0 Å². The Morgan fingerprint density at radius 3 is 2.91 bits per heavy atom. The van der Waals surface area contributed by atoms with E-state index in [1.165, 1.54) is 6.92 Å². The number of hydrogen-bond acceptors (Lipinski definition) is 2. The van der Waals surface area contributed by atoms with Gasteiger partial charge in [-0.25, -0.2) is 9.13 Å². The second-order valence-electron chi connectivity index (χ2n) is 2.36. The van der Waals surface area contributed by atoms with Crippen molar-refractivity contribution in [3.63, 3.8) is 0 Å². The first-order valence-corrected chi connectivity index (χ1v) is 3.33. The predicted octanol–water partition coefficient (Wildman–Crippen LogP) is -0.167. The van der Waals surface area contributed by atoms with Crippen molar-refractivity contribution >= 4 is 5.97 Å². The zero-order chi connectivity index (χ0) is 8.27. The Labute approximate surface area is 65.0 Å². The molecule has 0 atom stereocenters. The second kappa shape index (κ2) is 3.18. The van der Waals surface area contributed by atoms with E-state index < -0.39 is 0 Å². The van der Waals surface area contributed by atoms with E-state index in [1.54, 1.807) is 4.57 Å². The topological polar surface area (TPSA) is 35.1 Å². The molecule has 4 nitrogen and oxygen atoms in total. The van der Waals surface area contributed by atoms with Crippen LogP contribution in [0.4, 0.5) is 0 Å². The van der Waals surface area contributed by atoms with Crippen molar-refractivity contribution in [1.29, 1.82) is 0 Å². The Balaban J connectivity index is 2.45. The Bertz CT molecular complexity index is 255. The summed E-state index contributed by atoms with van der Waals surface area (Å²) in [5, 5.41) is 0. The monoisotopic (exact) mass is 155 g/mol. The van der Waals surface area contributed by atoms with Gasteiger partial charge in [0.1, 0.15) is 12.4 Å². The van der Waals surface area contributed by atoms with Gasteiger partial charge in [-0.15, -0.1) is 0 Å². The van der Waals surface area contributed by atoms with Gasteiger partial charge in [0.05, 0.1) is 7.05 Å². The number of ether oxygens (including phenoxy) is 1. The maximum atomic E-state index is 10.4. The van der Waals surface area contributed by atoms with Crippen LogP contribution in [0.5, 0.6) is 0 Å². The minimum absolute atomic E-state index is 0.263. The molecular formula is C7H11N2O2+. The third kappa shape index (κ3) is 2.41. The number of aryl methyl sites for hydroxylation is 1. The molecule has 0 aromatic carbocycles. The minimum Gasteiger partial charge on any atom is -0.425 e. The maximum absolute atomic E-state index is 10.4. The molecule has 1 heterocycles. The molecule has 60 valence electrons. The lowest BCUT2D eigenvalue weighted by atomic mass is 10.8. The summed E-state index contributed by atoms with van der Waals surface area (Å²) >= 11 is 0. The highest BCUT2D eigenvalue weighted by molar-refractivity contribution is 5.65. The van der Waals surface area contributed by atoms with Crippen LogP contribution in [0.15, 0.2) is 18.7 Å². The molecule has 0 aliphatic heterocycles. The zero-order valence-corrected chi connectivity index (χ0v) is 6.65. The van der Waals surface area contributed by atoms with Gasteiger partial charge >= 0.3 is 5.97 Å². The molecule has 1 aromatic heterocycles. The molecule has 0 saturated carbocycles. The molecule has 0 aliphatic carbocycles. The van der Waals surface area contributed by atoms with Crippen LogP contribution in [0, 0.1) is 0 Å². The molecule has 0 radical (unpaired) electrons. The van der Waals surface area contributed by atoms with Gasteiger partial charge in [-0.1, -0.05) is 0 Å². The summed E-state index contributed by atoms with van der Waals surface area (Å²) in [5.74, 6) is -0.263. The second-order valence-corrected chi connectivity index (χ2v) is 2.36. The van der Waals surface area contributed by atoms with Crippen molar-refractivity contribution < 1.29 is 14.1 Å². The summed E-state index contributed by atoms with van der Waals surface area (Å²) in [6.07, 6.45) is 5.55. The lowest BCUT2D eigenvalue weighted by Gasteiger charge is -1.95. The van der Waals surface area contributed by atoms with Crippen molar-refractivity contribution in [1.82, 2.24) is 4.57 Å². The molecule has 0 bridgehead atoms. The summed E-state index contributed by atoms with van der Waals surface area (Å²) in [4.78, 5) is 10.4. The zero-order valence-electron chi connectivity index (χ0n) is 6.65. The Kier molecular flexibility index (Phi) is 2.25. The number of aromatic nitrogens is 2. The number of hydrogen-bond donors (Lipinski definition) is 0. The molecular weight excluding hydrogens is 144 g/mol. The molecule has 1 rings (SSSR count). The molecule has 4 heteroatoms. The molecule has 0 spiro atoms. The first kappa shape index (κ1) is 7.78. The molecule has 0 amide bonds. The molecule has 11 heavy (non-hydrogen) atoms. The summed E-state index contributed by atoms with van der Waals surface area (Å²) in [6.45, 7) is 1.68. The summed E-state index contributed by atoms with van der Waals surface area (Å²) in [5.41, 5.74) is 0. The third-order valence-corrected chi connectivity index (χ3v) is 1.24. The van der Waals surface area contributed by atoms with Gasteiger partial charge in [0.15, 0.2) is 0 Å². The normalized spacial score (nSPS) is 9.64. The first-order valence-electron chi connectivity index (χ1n) is 3.33. The standard InChI is InChI=1S/C7H11N2O2/c1-7(10)11-6-9-4-3-8(2)5-9/h3-5H,6H2,1-2H3/q+1. The van der Waals surface area contributed by atoms with Crippen LogP contribution in [0.2, 0.25) is 0 Å². The molecule has 0 fully saturated rings. The van der Waals surface area contributed by atoms with Crippen LogP contribution in [-0.2, 0) is 23.3 Å². The average Bonchev–Trinajstić information content (AvgIpc) is 2.31. The SMILES string of the molecule is CC(=O)OCn1cc[n+](C)c1. The lowest BCUT2D eigenvalue weighted by molar-refractivity contribution is -0.671. The smallest absolute Gasteiger partial charge is 0.305 e. The fourth-order valence-corrected chi connectivity index (χ4v) is 0.744. The number of nitrogens with zero attached hydrogens (tertiary/aromatic N) is 2. The van der Waals surface area contributed by atoms with E-state index in [4.69, 9.17) is 4.74 Å². The highest BCUT2D eigenvalue weighted by Crippen LogP contribution is 1.85. The quantitative estimate of drug-likeness (QED) is 0.439. The molecule has 0 saturated heterocycles. The van der Waals surface area contributed by atoms with Gasteiger partial charge in [-0.2, -0.15) is 0 Å². The van der Waals surface area contributed by atoms with Crippen LogP contribution in [0.1, 0.15) is 6.92 Å². The van der Waals surface area contributed by atoms with Gasteiger partial charge in [-0.05, 0) is 0 Å². The van der Waals surface area contributed by atoms with E-state index in [0.717, 1.165) is 0 Å². The first-order chi connectivity index (χ1) is 5.18. The van der Waals surface area contributed by atoms with Crippen molar-refractivity contribution in [2.24, 2.45) is 7.05 Å². The lowest BCUT2D eigenvalue weighted by Crippen LogP contribution is -2.24. The van der Waals surface area contributed by atoms with E-state index in [2.05, 4.69) is 0 Å². The Morgan fingerprint density at radius 1 is 1.73 bits per heavy atom. The van der Waals surface area contributed by atoms with Crippen molar-refractivity contribution in [2.45, 2.75) is 13.7 Å². The Morgan fingerprint density at radius 2 is 2.45 bits per heavy atom. The summed E-state index contributed by atoms with van der Waals surface area (Å²) < 4.78 is 8.41. The highest BCUT2D eigenvalue weighted by atomic mass is 16.5. The van der Waals surface area contributed by atoms with E-state index in [1.807, 2.05) is 30.3 Å². The van der Waals surface area contributed by atoms with E-state index in [9.17, 15) is 4.79 Å². The van der Waals surface area contributed by atoms with Crippen LogP contribution < -0.4 is 4.57 Å². The minimum atomic E-state index is -0.263. The largest absolute Gasteiger partial charge is 0.425 e. The molecule has 0 unspecified atom stereocenters. The predicted molar refractivity (Wildman–Crippen MR) is 37.4 cm³/mol. The molecule has 1 aromatic rings. The van der Waals surface area contributed by atoms with E-state index in [-0.39, 0.29) is 12.7 Å². The van der Waals surface area contributed by atoms with Gasteiger partial charge in [0.2, 0.25) is 13.1 Å². The van der Waals surface area contributed by atoms with Gasteiger partial charge in [0, 0.05) is 6.92 Å². The van der Waals surface area contributed by atoms with Crippen LogP contribution >= 0.6 is 0 Å². The van der Waals surface area contributed by atoms with Crippen LogP contribution in [0.3, 0.4) is 0 Å². The van der Waals surface area contributed by atoms with Crippen LogP contribution in [-0.4, -0.2) is 10.5 Å². The number of carbonyl (C=O) groups excluding carboxylic acids is 1. The van der Waals surface area contributed by atoms with E-state index in [0.29, 0.717) is 0 Å². The number of rotatable bonds is 2. The van der Waals surface area contributed by atoms with Gasteiger partial charge < -0.3 is 4.74 Å². The number of esters is 1. The van der Waals surface area contributed by atoms with Crippen molar-refractivity contribution in [2.75, 3.05) is 0 Å². The fourth-order valence-electron chi connectivity index (χ4n) is 0.744. The number of carbonyl (C=O) groups is 1. The van der Waals surface area contributed by atoms with Gasteiger partial charge in [-0.3, -0.25) is 4.79 Å². The average molecular weight is 155 g/mol. The van der Waals surface area contributed by atoms with Crippen molar-refractivity contribution in [3.8, 4) is 0 Å². The summed E-state index contributed by atoms with van der Waals surface area (Å²) in [6, 6.07) is 0. The number of imidazole rings is 1. The maximum Gasteiger partial charge on any atom is 0.305 e. The fraction of sp³-hybridized carbons (Fsp3) is 0.429. The van der Waals surface area contributed by atoms with E-state index >= 15 is 0 Å². The highest BCUT2D eigenvalue weighted by Gasteiger charge is 2.00. The third-order valence-electron chi connectivity index (χ3n) is 1.24. The van der Waals surface area contributed by atoms with Crippen molar-refractivity contribution in [3.05, 3.63) is 18.7 Å². The molecule has 0 N–H and O–H groups in total. The molecule has 0 aliphatic rings. The van der Waals surface area contributed by atoms with Gasteiger partial charge in [0.25, 0.3) is 0 Å².